The molecule has 0 amide bonds. The number of nitro groups is 1. The Balaban J connectivity index is 1.58. The Morgan fingerprint density at radius 3 is 2.83 bits per heavy atom. The first kappa shape index (κ1) is 18.1. The Morgan fingerprint density at radius 1 is 1.20 bits per heavy atom. The highest BCUT2D eigenvalue weighted by molar-refractivity contribution is 7.15. The normalized spacial score (nSPS) is 12.1. The zero-order valence-electron chi connectivity index (χ0n) is 15.6. The number of nitrogens with zero attached hydrogens (tertiary/aromatic N) is 3. The van der Waals surface area contributed by atoms with Crippen molar-refractivity contribution >= 4 is 39.1 Å². The minimum atomic E-state index is -0.486. The summed E-state index contributed by atoms with van der Waals surface area (Å²) in [6.07, 6.45) is 1.66. The molecule has 2 aromatic carbocycles. The molecule has 0 bridgehead atoms. The lowest BCUT2D eigenvalue weighted by Crippen LogP contribution is -2.22. The summed E-state index contributed by atoms with van der Waals surface area (Å²) in [5.41, 5.74) is 1.90. The van der Waals surface area contributed by atoms with Gasteiger partial charge in [-0.15, -0.1) is 0 Å². The maximum atomic E-state index is 12.9. The summed E-state index contributed by atoms with van der Waals surface area (Å²) in [5.74, 6) is 1.29. The SMILES string of the molecule is COc1cc([N+](=O)[O-])ccc1-c1ccc(/C=c2\sc3nc4ccccc4n3c2=O)o1. The van der Waals surface area contributed by atoms with Crippen LogP contribution in [0.2, 0.25) is 0 Å². The highest BCUT2D eigenvalue weighted by Crippen LogP contribution is 2.34. The van der Waals surface area contributed by atoms with Gasteiger partial charge in [-0.1, -0.05) is 23.5 Å². The van der Waals surface area contributed by atoms with E-state index in [9.17, 15) is 14.9 Å². The van der Waals surface area contributed by atoms with Gasteiger partial charge in [0.25, 0.3) is 11.2 Å². The molecule has 30 heavy (non-hydrogen) atoms. The van der Waals surface area contributed by atoms with Crippen molar-refractivity contribution < 1.29 is 14.1 Å². The molecular weight excluding hydrogens is 406 g/mol. The van der Waals surface area contributed by atoms with Crippen LogP contribution in [0, 0.1) is 10.1 Å². The Kier molecular flexibility index (Phi) is 4.11. The van der Waals surface area contributed by atoms with Crippen LogP contribution < -0.4 is 14.8 Å². The number of para-hydroxylation sites is 2. The van der Waals surface area contributed by atoms with E-state index in [4.69, 9.17) is 9.15 Å². The lowest BCUT2D eigenvalue weighted by Gasteiger charge is -2.05. The lowest BCUT2D eigenvalue weighted by molar-refractivity contribution is -0.384. The van der Waals surface area contributed by atoms with Gasteiger partial charge in [0.2, 0.25) is 0 Å². The second-order valence-corrected chi connectivity index (χ2v) is 7.49. The molecule has 5 aromatic rings. The average molecular weight is 419 g/mol. The van der Waals surface area contributed by atoms with Gasteiger partial charge in [-0.25, -0.2) is 9.38 Å². The number of ether oxygens (including phenoxy) is 1. The number of non-ortho nitro benzene ring substituents is 1. The van der Waals surface area contributed by atoms with Gasteiger partial charge in [-0.2, -0.15) is 0 Å². The van der Waals surface area contributed by atoms with Crippen LogP contribution in [-0.2, 0) is 0 Å². The van der Waals surface area contributed by atoms with Gasteiger partial charge >= 0.3 is 0 Å². The maximum Gasteiger partial charge on any atom is 0.275 e. The van der Waals surface area contributed by atoms with E-state index in [1.807, 2.05) is 24.3 Å². The number of rotatable bonds is 4. The topological polar surface area (TPSA) is 99.9 Å². The lowest BCUT2D eigenvalue weighted by atomic mass is 10.1. The number of thiazole rings is 1. The predicted octanol–water partition coefficient (Wildman–Crippen LogP) is 3.63. The third-order valence-electron chi connectivity index (χ3n) is 4.71. The molecule has 0 unspecified atom stereocenters. The number of furan rings is 1. The minimum Gasteiger partial charge on any atom is -0.496 e. The van der Waals surface area contributed by atoms with Crippen molar-refractivity contribution in [2.45, 2.75) is 0 Å². The van der Waals surface area contributed by atoms with Crippen molar-refractivity contribution in [3.8, 4) is 17.1 Å². The van der Waals surface area contributed by atoms with Crippen molar-refractivity contribution in [3.63, 3.8) is 0 Å². The second kappa shape index (κ2) is 6.82. The molecule has 0 aliphatic heterocycles. The molecule has 0 N–H and O–H groups in total. The molecule has 0 saturated carbocycles. The number of methoxy groups -OCH3 is 1. The summed E-state index contributed by atoms with van der Waals surface area (Å²) in [6.45, 7) is 0. The van der Waals surface area contributed by atoms with Gasteiger partial charge < -0.3 is 9.15 Å². The van der Waals surface area contributed by atoms with Crippen LogP contribution in [0.4, 0.5) is 5.69 Å². The highest BCUT2D eigenvalue weighted by atomic mass is 32.1. The first-order valence-corrected chi connectivity index (χ1v) is 9.71. The molecule has 0 atom stereocenters. The highest BCUT2D eigenvalue weighted by Gasteiger charge is 2.16. The van der Waals surface area contributed by atoms with Gasteiger partial charge in [-0.3, -0.25) is 14.9 Å². The van der Waals surface area contributed by atoms with Gasteiger partial charge in [0.05, 0.1) is 34.7 Å². The zero-order valence-corrected chi connectivity index (χ0v) is 16.4. The van der Waals surface area contributed by atoms with Gasteiger partial charge in [0.1, 0.15) is 21.8 Å². The summed E-state index contributed by atoms with van der Waals surface area (Å²) < 4.78 is 13.2. The zero-order chi connectivity index (χ0) is 20.8. The standard InChI is InChI=1S/C21H13N3O5S/c1-28-18-10-12(24(26)27)6-8-14(18)17-9-7-13(29-17)11-19-20(25)23-16-5-3-2-4-15(16)22-21(23)30-19/h2-11H,1H3/b19-11-. The Hall–Kier alpha value is -3.98. The molecule has 3 aromatic heterocycles. The summed E-state index contributed by atoms with van der Waals surface area (Å²) in [6, 6.07) is 15.2. The van der Waals surface area contributed by atoms with E-state index in [-0.39, 0.29) is 11.2 Å². The Morgan fingerprint density at radius 2 is 2.03 bits per heavy atom. The number of hydrogen-bond acceptors (Lipinski definition) is 7. The average Bonchev–Trinajstić information content (AvgIpc) is 3.43. The quantitative estimate of drug-likeness (QED) is 0.326. The largest absolute Gasteiger partial charge is 0.496 e. The van der Waals surface area contributed by atoms with E-state index in [0.717, 1.165) is 11.0 Å². The number of fused-ring (bicyclic) bond motifs is 3. The van der Waals surface area contributed by atoms with Crippen LogP contribution in [0.3, 0.4) is 0 Å². The molecular formula is C21H13N3O5S. The number of nitro benzene ring substituents is 1. The fraction of sp³-hybridized carbons (Fsp3) is 0.0476. The van der Waals surface area contributed by atoms with Crippen LogP contribution in [0.5, 0.6) is 5.75 Å². The number of hydrogen-bond donors (Lipinski definition) is 0. The predicted molar refractivity (Wildman–Crippen MR) is 113 cm³/mol. The van der Waals surface area contributed by atoms with E-state index in [0.29, 0.717) is 32.3 Å². The van der Waals surface area contributed by atoms with E-state index in [1.165, 1.54) is 30.6 Å². The molecule has 9 heteroatoms. The molecule has 0 aliphatic carbocycles. The Bertz CT molecular complexity index is 1550. The third-order valence-corrected chi connectivity index (χ3v) is 5.68. The van der Waals surface area contributed by atoms with E-state index < -0.39 is 4.92 Å². The van der Waals surface area contributed by atoms with Crippen molar-refractivity contribution in [2.24, 2.45) is 0 Å². The summed E-state index contributed by atoms with van der Waals surface area (Å²) in [4.78, 5) is 28.5. The second-order valence-electron chi connectivity index (χ2n) is 6.48. The minimum absolute atomic E-state index is 0.0703. The van der Waals surface area contributed by atoms with Crippen LogP contribution in [0.1, 0.15) is 5.76 Å². The van der Waals surface area contributed by atoms with E-state index >= 15 is 0 Å². The van der Waals surface area contributed by atoms with E-state index in [1.54, 1.807) is 28.7 Å². The summed E-state index contributed by atoms with van der Waals surface area (Å²) in [7, 11) is 1.44. The molecule has 3 heterocycles. The third kappa shape index (κ3) is 2.83. The van der Waals surface area contributed by atoms with Crippen LogP contribution in [0.15, 0.2) is 63.8 Å². The monoisotopic (exact) mass is 419 g/mol. The smallest absolute Gasteiger partial charge is 0.275 e. The molecule has 0 aliphatic rings. The number of imidazole rings is 1. The van der Waals surface area contributed by atoms with Crippen molar-refractivity contribution in [3.05, 3.63) is 85.4 Å². The van der Waals surface area contributed by atoms with E-state index in [2.05, 4.69) is 4.98 Å². The van der Waals surface area contributed by atoms with Crippen LogP contribution in [0.25, 0.3) is 33.4 Å². The van der Waals surface area contributed by atoms with Crippen LogP contribution in [-0.4, -0.2) is 21.4 Å². The first-order valence-electron chi connectivity index (χ1n) is 8.89. The van der Waals surface area contributed by atoms with Gasteiger partial charge in [0, 0.05) is 12.1 Å². The fourth-order valence-electron chi connectivity index (χ4n) is 3.31. The molecule has 0 saturated heterocycles. The molecule has 148 valence electrons. The van der Waals surface area contributed by atoms with Gasteiger partial charge in [0.15, 0.2) is 4.96 Å². The van der Waals surface area contributed by atoms with Crippen molar-refractivity contribution in [1.82, 2.24) is 9.38 Å². The fourth-order valence-corrected chi connectivity index (χ4v) is 4.28. The maximum absolute atomic E-state index is 12.9. The molecule has 5 rings (SSSR count). The molecule has 0 radical (unpaired) electrons. The first-order chi connectivity index (χ1) is 14.5. The van der Waals surface area contributed by atoms with Gasteiger partial charge in [-0.05, 0) is 30.3 Å². The summed E-state index contributed by atoms with van der Waals surface area (Å²) in [5, 5.41) is 11.0. The molecule has 0 fully saturated rings. The van der Waals surface area contributed by atoms with Crippen molar-refractivity contribution in [2.75, 3.05) is 7.11 Å². The van der Waals surface area contributed by atoms with Crippen molar-refractivity contribution in [1.29, 1.82) is 0 Å². The number of aromatic nitrogens is 2. The molecule has 8 nitrogen and oxygen atoms in total. The number of benzene rings is 2. The Labute approximate surface area is 172 Å². The summed E-state index contributed by atoms with van der Waals surface area (Å²) >= 11 is 1.29. The van der Waals surface area contributed by atoms with Crippen LogP contribution >= 0.6 is 11.3 Å². The molecule has 0 spiro atoms.